The number of carbonyl (C=O) groups is 1. The van der Waals surface area contributed by atoms with Gasteiger partial charge in [-0.1, -0.05) is 26.0 Å². The van der Waals surface area contributed by atoms with Crippen molar-refractivity contribution < 1.29 is 14.3 Å². The summed E-state index contributed by atoms with van der Waals surface area (Å²) < 4.78 is 10.6. The van der Waals surface area contributed by atoms with Crippen LogP contribution < -0.4 is 27.0 Å². The molecule has 0 aliphatic carbocycles. The zero-order chi connectivity index (χ0) is 26.2. The fraction of sp³-hybridized carbons (Fsp3) is 0.600. The maximum Gasteiger partial charge on any atom is 0.251 e. The molecule has 0 unspecified atom stereocenters. The predicted molar refractivity (Wildman–Crippen MR) is 143 cm³/mol. The Bertz CT molecular complexity index is 891. The molecule has 2 rings (SSSR count). The van der Waals surface area contributed by atoms with E-state index in [9.17, 15) is 4.79 Å². The molecule has 6 N–H and O–H groups in total. The molecule has 1 aromatic carbocycles. The molecule has 1 heterocycles. The van der Waals surface area contributed by atoms with Crippen LogP contribution >= 0.6 is 0 Å². The number of nitrogens with one attached hydrogen (secondary N) is 4. The number of ether oxygens (including phenoxy) is 2. The Labute approximate surface area is 214 Å². The molecule has 0 atom stereocenters. The van der Waals surface area contributed by atoms with Crippen LogP contribution in [-0.2, 0) is 16.0 Å². The number of rotatable bonds is 18. The molecule has 0 bridgehead atoms. The van der Waals surface area contributed by atoms with Gasteiger partial charge < -0.3 is 36.5 Å². The molecular formula is C25H42N8O3. The Kier molecular flexibility index (Phi) is 13.5. The number of nitrogens with two attached hydrogens (primary N) is 1. The van der Waals surface area contributed by atoms with Crippen molar-refractivity contribution in [3.8, 4) is 0 Å². The molecule has 11 heteroatoms. The van der Waals surface area contributed by atoms with Crippen LogP contribution in [0.3, 0.4) is 0 Å². The lowest BCUT2D eigenvalue weighted by atomic mass is 10.1. The summed E-state index contributed by atoms with van der Waals surface area (Å²) in [5, 5.41) is 12.7. The number of amides is 1. The molecular weight excluding hydrogens is 460 g/mol. The van der Waals surface area contributed by atoms with Crippen molar-refractivity contribution in [2.45, 2.75) is 59.2 Å². The van der Waals surface area contributed by atoms with Gasteiger partial charge in [-0.15, -0.1) is 0 Å². The van der Waals surface area contributed by atoms with E-state index in [-0.39, 0.29) is 11.9 Å². The molecule has 0 aliphatic rings. The Hall–Kier alpha value is -3.02. The van der Waals surface area contributed by atoms with Crippen molar-refractivity contribution in [1.29, 1.82) is 0 Å². The molecule has 1 amide bonds. The van der Waals surface area contributed by atoms with Crippen molar-refractivity contribution in [2.24, 2.45) is 5.73 Å². The third-order valence-electron chi connectivity index (χ3n) is 5.20. The third-order valence-corrected chi connectivity index (χ3v) is 5.20. The summed E-state index contributed by atoms with van der Waals surface area (Å²) in [6.07, 6.45) is 1.96. The highest BCUT2D eigenvalue weighted by molar-refractivity contribution is 5.94. The second-order valence-electron chi connectivity index (χ2n) is 8.58. The van der Waals surface area contributed by atoms with Crippen molar-refractivity contribution in [3.63, 3.8) is 0 Å². The van der Waals surface area contributed by atoms with Gasteiger partial charge in [-0.05, 0) is 44.4 Å². The minimum atomic E-state index is -0.142. The quantitative estimate of drug-likeness (QED) is 0.193. The van der Waals surface area contributed by atoms with E-state index < -0.39 is 0 Å². The van der Waals surface area contributed by atoms with E-state index in [1.165, 1.54) is 0 Å². The molecule has 0 radical (unpaired) electrons. The first kappa shape index (κ1) is 29.2. The summed E-state index contributed by atoms with van der Waals surface area (Å²) in [5.41, 5.74) is 6.94. The topological polar surface area (TPSA) is 148 Å². The van der Waals surface area contributed by atoms with Crippen LogP contribution in [0.15, 0.2) is 24.3 Å². The lowest BCUT2D eigenvalue weighted by molar-refractivity contribution is 0.0511. The summed E-state index contributed by atoms with van der Waals surface area (Å²) in [6, 6.07) is 7.91. The van der Waals surface area contributed by atoms with Gasteiger partial charge in [0.25, 0.3) is 5.91 Å². The van der Waals surface area contributed by atoms with Crippen LogP contribution in [0.2, 0.25) is 0 Å². The van der Waals surface area contributed by atoms with E-state index in [1.54, 1.807) is 12.1 Å². The molecule has 2 aromatic rings. The minimum Gasteiger partial charge on any atom is -0.378 e. The highest BCUT2D eigenvalue weighted by Crippen LogP contribution is 2.14. The fourth-order valence-electron chi connectivity index (χ4n) is 3.22. The number of hydrogen-bond acceptors (Lipinski definition) is 10. The summed E-state index contributed by atoms with van der Waals surface area (Å²) in [6.45, 7) is 11.7. The smallest absolute Gasteiger partial charge is 0.251 e. The Morgan fingerprint density at radius 2 is 1.50 bits per heavy atom. The normalized spacial score (nSPS) is 11.1. The van der Waals surface area contributed by atoms with E-state index in [2.05, 4.69) is 50.1 Å². The van der Waals surface area contributed by atoms with Gasteiger partial charge in [0.2, 0.25) is 17.8 Å². The summed E-state index contributed by atoms with van der Waals surface area (Å²) in [5.74, 6) is 1.41. The number of hydrogen-bond donors (Lipinski definition) is 5. The SMILES string of the molecule is CCC(CC)Nc1nc(NCc2ccc(C(=O)NCCOCCOCCN)cc2)nc(NC(C)C)n1. The maximum atomic E-state index is 12.3. The van der Waals surface area contributed by atoms with Gasteiger partial charge in [-0.25, -0.2) is 0 Å². The van der Waals surface area contributed by atoms with Gasteiger partial charge >= 0.3 is 0 Å². The van der Waals surface area contributed by atoms with Crippen LogP contribution in [0.4, 0.5) is 17.8 Å². The standard InChI is InChI=1S/C25H42N8O3/c1-5-21(6-2)30-25-32-23(31-24(33-25)29-18(3)4)28-17-19-7-9-20(10-8-19)22(34)27-12-14-36-16-15-35-13-11-26/h7-10,18,21H,5-6,11-17,26H2,1-4H3,(H,27,34)(H3,28,29,30,31,32,33). The number of aromatic nitrogens is 3. The summed E-state index contributed by atoms with van der Waals surface area (Å²) >= 11 is 0. The molecule has 0 saturated heterocycles. The molecule has 1 aromatic heterocycles. The zero-order valence-corrected chi connectivity index (χ0v) is 22.0. The first-order valence-corrected chi connectivity index (χ1v) is 12.7. The van der Waals surface area contributed by atoms with Crippen LogP contribution in [0, 0.1) is 0 Å². The van der Waals surface area contributed by atoms with E-state index >= 15 is 0 Å². The molecule has 0 aliphatic heterocycles. The van der Waals surface area contributed by atoms with Gasteiger partial charge in [-0.3, -0.25) is 4.79 Å². The number of benzene rings is 1. The summed E-state index contributed by atoms with van der Waals surface area (Å²) in [7, 11) is 0. The van der Waals surface area contributed by atoms with Gasteiger partial charge in [0, 0.05) is 37.3 Å². The Balaban J connectivity index is 1.86. The van der Waals surface area contributed by atoms with Crippen LogP contribution in [-0.4, -0.2) is 72.5 Å². The molecule has 0 fully saturated rings. The van der Waals surface area contributed by atoms with Crippen molar-refractivity contribution in [1.82, 2.24) is 20.3 Å². The van der Waals surface area contributed by atoms with Gasteiger partial charge in [0.15, 0.2) is 0 Å². The molecule has 200 valence electrons. The maximum absolute atomic E-state index is 12.3. The highest BCUT2D eigenvalue weighted by Gasteiger charge is 2.11. The zero-order valence-electron chi connectivity index (χ0n) is 22.0. The summed E-state index contributed by atoms with van der Waals surface area (Å²) in [4.78, 5) is 25.9. The van der Waals surface area contributed by atoms with Crippen molar-refractivity contribution in [3.05, 3.63) is 35.4 Å². The van der Waals surface area contributed by atoms with Crippen LogP contribution in [0.5, 0.6) is 0 Å². The van der Waals surface area contributed by atoms with Crippen LogP contribution in [0.25, 0.3) is 0 Å². The first-order chi connectivity index (χ1) is 17.4. The molecule has 0 spiro atoms. The van der Waals surface area contributed by atoms with Crippen molar-refractivity contribution >= 4 is 23.8 Å². The van der Waals surface area contributed by atoms with E-state index in [4.69, 9.17) is 15.2 Å². The fourth-order valence-corrected chi connectivity index (χ4v) is 3.22. The monoisotopic (exact) mass is 502 g/mol. The Morgan fingerprint density at radius 3 is 2.11 bits per heavy atom. The Morgan fingerprint density at radius 1 is 0.889 bits per heavy atom. The van der Waals surface area contributed by atoms with Gasteiger partial charge in [0.05, 0.1) is 26.4 Å². The van der Waals surface area contributed by atoms with E-state index in [0.717, 1.165) is 18.4 Å². The average molecular weight is 503 g/mol. The number of anilines is 3. The van der Waals surface area contributed by atoms with Gasteiger partial charge in [0.1, 0.15) is 0 Å². The van der Waals surface area contributed by atoms with Gasteiger partial charge in [-0.2, -0.15) is 15.0 Å². The van der Waals surface area contributed by atoms with E-state index in [1.807, 2.05) is 26.0 Å². The first-order valence-electron chi connectivity index (χ1n) is 12.7. The molecule has 0 saturated carbocycles. The second kappa shape index (κ2) is 16.6. The minimum absolute atomic E-state index is 0.142. The van der Waals surface area contributed by atoms with Crippen molar-refractivity contribution in [2.75, 3.05) is 55.5 Å². The molecule has 36 heavy (non-hydrogen) atoms. The largest absolute Gasteiger partial charge is 0.378 e. The average Bonchev–Trinajstić information content (AvgIpc) is 2.87. The third kappa shape index (κ3) is 11.1. The molecule has 11 nitrogen and oxygen atoms in total. The van der Waals surface area contributed by atoms with E-state index in [0.29, 0.717) is 75.5 Å². The lowest BCUT2D eigenvalue weighted by Gasteiger charge is -2.17. The number of carbonyl (C=O) groups excluding carboxylic acids is 1. The number of nitrogens with zero attached hydrogens (tertiary/aromatic N) is 3. The van der Waals surface area contributed by atoms with Crippen LogP contribution in [0.1, 0.15) is 56.5 Å². The highest BCUT2D eigenvalue weighted by atomic mass is 16.5. The second-order valence-corrected chi connectivity index (χ2v) is 8.58. The predicted octanol–water partition coefficient (Wildman–Crippen LogP) is 2.63. The lowest BCUT2D eigenvalue weighted by Crippen LogP contribution is -2.27.